The van der Waals surface area contributed by atoms with Gasteiger partial charge in [0.15, 0.2) is 18.9 Å². The van der Waals surface area contributed by atoms with E-state index in [4.69, 9.17) is 28.4 Å². The van der Waals surface area contributed by atoms with Crippen molar-refractivity contribution in [3.8, 4) is 0 Å². The number of hydrogen-bond acceptors (Lipinski definition) is 18. The number of allylic oxidation sites excluding steroid dienone is 8. The summed E-state index contributed by atoms with van der Waals surface area (Å²) in [5, 5.41) is 120. The summed E-state index contributed by atoms with van der Waals surface area (Å²) in [7, 11) is 0. The van der Waals surface area contributed by atoms with E-state index in [0.29, 0.717) is 19.3 Å². The highest BCUT2D eigenvalue weighted by Gasteiger charge is 2.53. The van der Waals surface area contributed by atoms with Crippen molar-refractivity contribution < 1.29 is 89.4 Å². The van der Waals surface area contributed by atoms with Crippen LogP contribution in [0.4, 0.5) is 0 Å². The highest BCUT2D eigenvalue weighted by Crippen LogP contribution is 2.33. The summed E-state index contributed by atoms with van der Waals surface area (Å²) in [6.07, 6.45) is 12.3. The van der Waals surface area contributed by atoms with Gasteiger partial charge in [0.05, 0.1) is 38.6 Å². The Bertz CT molecular complexity index is 1530. The maximum absolute atomic E-state index is 13.2. The normalized spacial score (nSPS) is 32.1. The first-order valence-corrected chi connectivity index (χ1v) is 27.4. The van der Waals surface area contributed by atoms with Crippen molar-refractivity contribution in [3.05, 3.63) is 48.6 Å². The van der Waals surface area contributed by atoms with E-state index in [2.05, 4.69) is 55.6 Å². The topological polar surface area (TPSA) is 307 Å². The zero-order valence-corrected chi connectivity index (χ0v) is 43.6. The standard InChI is InChI=1S/C54H95NO18/c1-3-5-7-9-11-13-15-17-18-20-21-23-25-27-29-31-38(59)37(55-42(60)32-30-28-26-24-22-19-16-14-12-10-8-6-4-2)36-68-52-48(66)45(63)50(40(34-57)70-52)73-54-49(67)46(64)51(41(35-58)71-54)72-53-47(65)44(62)43(61)39(33-56)69-53/h6,8,12,14,19,22,26,28,37-41,43-54,56-59,61-67H,3-5,7,9-11,13,15-18,20-21,23-25,27,29-36H2,1-2H3,(H,55,60)/b8-6-,14-12-,22-19-,28-26-. The largest absolute Gasteiger partial charge is 0.394 e. The minimum absolute atomic E-state index is 0.144. The molecule has 0 aromatic carbocycles. The molecule has 3 heterocycles. The second-order valence-electron chi connectivity index (χ2n) is 19.7. The van der Waals surface area contributed by atoms with E-state index in [-0.39, 0.29) is 18.9 Å². The molecule has 3 aliphatic heterocycles. The van der Waals surface area contributed by atoms with Crippen LogP contribution in [0.3, 0.4) is 0 Å². The Kier molecular flexibility index (Phi) is 34.1. The van der Waals surface area contributed by atoms with E-state index in [1.54, 1.807) is 0 Å². The molecule has 3 saturated heterocycles. The summed E-state index contributed by atoms with van der Waals surface area (Å²) in [6.45, 7) is 1.58. The molecular formula is C54H95NO18. The third-order valence-corrected chi connectivity index (χ3v) is 13.7. The maximum atomic E-state index is 13.2. The van der Waals surface area contributed by atoms with Crippen LogP contribution >= 0.6 is 0 Å². The van der Waals surface area contributed by atoms with Crippen molar-refractivity contribution in [1.29, 1.82) is 0 Å². The Morgan fingerprint density at radius 3 is 1.40 bits per heavy atom. The number of unbranched alkanes of at least 4 members (excludes halogenated alkanes) is 14. The van der Waals surface area contributed by atoms with Gasteiger partial charge in [0.2, 0.25) is 5.91 Å². The summed E-state index contributed by atoms with van der Waals surface area (Å²) < 4.78 is 34.2. The maximum Gasteiger partial charge on any atom is 0.220 e. The zero-order chi connectivity index (χ0) is 53.4. The van der Waals surface area contributed by atoms with Crippen molar-refractivity contribution in [2.24, 2.45) is 0 Å². The molecule has 424 valence electrons. The zero-order valence-electron chi connectivity index (χ0n) is 43.6. The molecule has 19 nitrogen and oxygen atoms in total. The first-order chi connectivity index (χ1) is 35.3. The van der Waals surface area contributed by atoms with Gasteiger partial charge < -0.3 is 89.9 Å². The van der Waals surface area contributed by atoms with Gasteiger partial charge in [-0.1, -0.05) is 159 Å². The Morgan fingerprint density at radius 2 is 0.918 bits per heavy atom. The highest BCUT2D eigenvalue weighted by atomic mass is 16.8. The van der Waals surface area contributed by atoms with Gasteiger partial charge in [-0.3, -0.25) is 4.79 Å². The molecule has 0 aromatic rings. The summed E-state index contributed by atoms with van der Waals surface area (Å²) in [5.74, 6) is -0.325. The second kappa shape index (κ2) is 38.3. The van der Waals surface area contributed by atoms with E-state index >= 15 is 0 Å². The lowest BCUT2D eigenvalue weighted by molar-refractivity contribution is -0.379. The average molecular weight is 1050 g/mol. The van der Waals surface area contributed by atoms with Crippen LogP contribution in [0, 0.1) is 0 Å². The molecule has 19 heteroatoms. The smallest absolute Gasteiger partial charge is 0.220 e. The van der Waals surface area contributed by atoms with Crippen LogP contribution in [0.1, 0.15) is 155 Å². The van der Waals surface area contributed by atoms with E-state index < -0.39 is 124 Å². The first kappa shape index (κ1) is 65.0. The van der Waals surface area contributed by atoms with Crippen LogP contribution in [0.5, 0.6) is 0 Å². The van der Waals surface area contributed by atoms with Crippen molar-refractivity contribution in [2.45, 2.75) is 259 Å². The molecule has 0 bridgehead atoms. The Balaban J connectivity index is 1.55. The molecule has 3 aliphatic rings. The molecule has 17 atom stereocenters. The number of rotatable bonds is 38. The molecule has 0 aliphatic carbocycles. The molecule has 12 N–H and O–H groups in total. The molecule has 1 amide bonds. The molecule has 3 fully saturated rings. The van der Waals surface area contributed by atoms with Crippen LogP contribution in [0.2, 0.25) is 0 Å². The number of amides is 1. The lowest BCUT2D eigenvalue weighted by Crippen LogP contribution is -2.66. The van der Waals surface area contributed by atoms with Crippen LogP contribution in [0.15, 0.2) is 48.6 Å². The fourth-order valence-electron chi connectivity index (χ4n) is 9.15. The van der Waals surface area contributed by atoms with E-state index in [9.17, 15) is 61.0 Å². The molecule has 0 aromatic heterocycles. The average Bonchev–Trinajstić information content (AvgIpc) is 3.39. The number of hydrogen-bond donors (Lipinski definition) is 12. The quantitative estimate of drug-likeness (QED) is 0.0312. The summed E-state index contributed by atoms with van der Waals surface area (Å²) in [6, 6.07) is -0.924. The Labute approximate surface area is 433 Å². The van der Waals surface area contributed by atoms with Crippen molar-refractivity contribution in [1.82, 2.24) is 5.32 Å². The highest BCUT2D eigenvalue weighted by molar-refractivity contribution is 5.76. The molecule has 0 spiro atoms. The second-order valence-corrected chi connectivity index (χ2v) is 19.7. The van der Waals surface area contributed by atoms with E-state index in [1.165, 1.54) is 70.6 Å². The number of carbonyl (C=O) groups excluding carboxylic acids is 1. The summed E-state index contributed by atoms with van der Waals surface area (Å²) in [4.78, 5) is 13.2. The third kappa shape index (κ3) is 23.5. The number of ether oxygens (including phenoxy) is 6. The minimum atomic E-state index is -1.98. The number of nitrogens with one attached hydrogen (secondary N) is 1. The van der Waals surface area contributed by atoms with E-state index in [0.717, 1.165) is 44.9 Å². The first-order valence-electron chi connectivity index (χ1n) is 27.4. The number of aliphatic hydroxyl groups is 11. The number of carbonyl (C=O) groups is 1. The molecule has 17 unspecified atom stereocenters. The molecule has 0 radical (unpaired) electrons. The van der Waals surface area contributed by atoms with Gasteiger partial charge in [-0.2, -0.15) is 0 Å². The SMILES string of the molecule is CC/C=C\C/C=C\C/C=C\C/C=C\CCC(=O)NC(COC1OC(CO)C(OC2OC(CO)C(OC3OC(CO)C(O)C(O)C3O)C(O)C2O)C(O)C1O)C(O)CCCCCCCCCCCCCCCCC. The van der Waals surface area contributed by atoms with Gasteiger partial charge in [0, 0.05) is 6.42 Å². The van der Waals surface area contributed by atoms with Gasteiger partial charge in [-0.15, -0.1) is 0 Å². The Morgan fingerprint density at radius 1 is 0.507 bits per heavy atom. The van der Waals surface area contributed by atoms with Gasteiger partial charge >= 0.3 is 0 Å². The van der Waals surface area contributed by atoms with Gasteiger partial charge in [0.25, 0.3) is 0 Å². The van der Waals surface area contributed by atoms with Gasteiger partial charge in [-0.25, -0.2) is 0 Å². The minimum Gasteiger partial charge on any atom is -0.394 e. The Hall–Kier alpha value is -2.25. The van der Waals surface area contributed by atoms with Gasteiger partial charge in [-0.05, 0) is 38.5 Å². The fraction of sp³-hybridized carbons (Fsp3) is 0.833. The van der Waals surface area contributed by atoms with Crippen LogP contribution in [-0.4, -0.2) is 193 Å². The number of aliphatic hydroxyl groups excluding tert-OH is 11. The lowest BCUT2D eigenvalue weighted by Gasteiger charge is -2.48. The van der Waals surface area contributed by atoms with Gasteiger partial charge in [0.1, 0.15) is 73.2 Å². The van der Waals surface area contributed by atoms with Crippen LogP contribution < -0.4 is 5.32 Å². The predicted molar refractivity (Wildman–Crippen MR) is 272 cm³/mol. The monoisotopic (exact) mass is 1050 g/mol. The lowest BCUT2D eigenvalue weighted by atomic mass is 9.96. The molecule has 73 heavy (non-hydrogen) atoms. The van der Waals surface area contributed by atoms with Crippen LogP contribution in [0.25, 0.3) is 0 Å². The molecule has 0 saturated carbocycles. The van der Waals surface area contributed by atoms with Crippen molar-refractivity contribution in [3.63, 3.8) is 0 Å². The summed E-state index contributed by atoms with van der Waals surface area (Å²) >= 11 is 0. The predicted octanol–water partition coefficient (Wildman–Crippen LogP) is 3.14. The van der Waals surface area contributed by atoms with Crippen molar-refractivity contribution >= 4 is 5.91 Å². The summed E-state index contributed by atoms with van der Waals surface area (Å²) in [5.41, 5.74) is 0. The molecular weight excluding hydrogens is 951 g/mol. The van der Waals surface area contributed by atoms with Crippen molar-refractivity contribution in [2.75, 3.05) is 26.4 Å². The fourth-order valence-corrected chi connectivity index (χ4v) is 9.15. The van der Waals surface area contributed by atoms with E-state index in [1.807, 2.05) is 12.2 Å². The molecule has 3 rings (SSSR count). The van der Waals surface area contributed by atoms with Crippen LogP contribution in [-0.2, 0) is 33.2 Å². The third-order valence-electron chi connectivity index (χ3n) is 13.7.